The summed E-state index contributed by atoms with van der Waals surface area (Å²) in [5.41, 5.74) is 2.26. The highest BCUT2D eigenvalue weighted by molar-refractivity contribution is 9.10. The summed E-state index contributed by atoms with van der Waals surface area (Å²) in [4.78, 5) is 14.8. The Bertz CT molecular complexity index is 599. The van der Waals surface area contributed by atoms with Crippen molar-refractivity contribution in [3.63, 3.8) is 0 Å². The molecule has 1 heterocycles. The fraction of sp³-hybridized carbons (Fsp3) is 0.154. The second kappa shape index (κ2) is 5.79. The molecule has 19 heavy (non-hydrogen) atoms. The van der Waals surface area contributed by atoms with Crippen molar-refractivity contribution in [3.05, 3.63) is 62.4 Å². The van der Waals surface area contributed by atoms with Gasteiger partial charge >= 0.3 is 0 Å². The number of nitro benzene ring substituents is 1. The van der Waals surface area contributed by atoms with Crippen molar-refractivity contribution < 1.29 is 4.92 Å². The minimum atomic E-state index is -0.385. The lowest BCUT2D eigenvalue weighted by Crippen LogP contribution is -2.04. The summed E-state index contributed by atoms with van der Waals surface area (Å²) in [6.07, 6.45) is 1.70. The maximum Gasteiger partial charge on any atom is 0.292 e. The van der Waals surface area contributed by atoms with E-state index in [-0.39, 0.29) is 10.6 Å². The molecule has 0 spiro atoms. The van der Waals surface area contributed by atoms with Crippen LogP contribution >= 0.6 is 15.9 Å². The van der Waals surface area contributed by atoms with E-state index in [9.17, 15) is 10.1 Å². The predicted molar refractivity (Wildman–Crippen MR) is 77.1 cm³/mol. The van der Waals surface area contributed by atoms with E-state index in [1.807, 2.05) is 25.1 Å². The zero-order valence-corrected chi connectivity index (χ0v) is 11.8. The van der Waals surface area contributed by atoms with Gasteiger partial charge in [0.15, 0.2) is 0 Å². The van der Waals surface area contributed by atoms with Crippen LogP contribution in [0.5, 0.6) is 0 Å². The Morgan fingerprint density at radius 2 is 2.16 bits per heavy atom. The van der Waals surface area contributed by atoms with E-state index < -0.39 is 0 Å². The highest BCUT2D eigenvalue weighted by Gasteiger charge is 2.13. The number of aryl methyl sites for hydroxylation is 1. The molecule has 2 rings (SSSR count). The van der Waals surface area contributed by atoms with Gasteiger partial charge in [0.05, 0.1) is 17.2 Å². The zero-order chi connectivity index (χ0) is 13.8. The summed E-state index contributed by atoms with van der Waals surface area (Å²) >= 11 is 3.31. The average molecular weight is 322 g/mol. The Labute approximate surface area is 119 Å². The fourth-order valence-electron chi connectivity index (χ4n) is 1.64. The molecule has 0 amide bonds. The normalized spacial score (nSPS) is 10.2. The van der Waals surface area contributed by atoms with Crippen molar-refractivity contribution in [2.75, 3.05) is 5.32 Å². The number of aromatic nitrogens is 1. The van der Waals surface area contributed by atoms with Crippen LogP contribution in [0.1, 0.15) is 11.3 Å². The van der Waals surface area contributed by atoms with Crippen molar-refractivity contribution >= 4 is 27.3 Å². The molecule has 1 N–H and O–H groups in total. The number of rotatable bonds is 4. The predicted octanol–water partition coefficient (Wildman–Crippen LogP) is 3.67. The Morgan fingerprint density at radius 3 is 2.79 bits per heavy atom. The third-order valence-electron chi connectivity index (χ3n) is 2.60. The lowest BCUT2D eigenvalue weighted by Gasteiger charge is -2.07. The summed E-state index contributed by atoms with van der Waals surface area (Å²) in [6, 6.07) is 8.85. The maximum absolute atomic E-state index is 11.0. The first-order valence-electron chi connectivity index (χ1n) is 5.65. The van der Waals surface area contributed by atoms with E-state index >= 15 is 0 Å². The molecule has 0 saturated carbocycles. The van der Waals surface area contributed by atoms with Gasteiger partial charge in [-0.3, -0.25) is 15.1 Å². The molecule has 0 saturated heterocycles. The summed E-state index contributed by atoms with van der Waals surface area (Å²) in [7, 11) is 0. The van der Waals surface area contributed by atoms with Crippen molar-refractivity contribution in [3.8, 4) is 0 Å². The van der Waals surface area contributed by atoms with Crippen LogP contribution in [0.3, 0.4) is 0 Å². The number of nitrogens with one attached hydrogen (secondary N) is 1. The number of halogens is 1. The third kappa shape index (κ3) is 3.51. The van der Waals surface area contributed by atoms with Gasteiger partial charge in [-0.25, -0.2) is 0 Å². The van der Waals surface area contributed by atoms with Gasteiger partial charge in [-0.1, -0.05) is 6.07 Å². The first-order valence-corrected chi connectivity index (χ1v) is 6.45. The summed E-state index contributed by atoms with van der Waals surface area (Å²) < 4.78 is 0.901. The van der Waals surface area contributed by atoms with Gasteiger partial charge < -0.3 is 5.32 Å². The number of hydrogen-bond donors (Lipinski definition) is 1. The standard InChI is InChI=1S/C13H12BrN3O2/c1-9-2-5-12(13(6-9)17(18)19)16-8-11-4-3-10(14)7-15-11/h2-7,16H,8H2,1H3. The van der Waals surface area contributed by atoms with Crippen LogP contribution in [0.15, 0.2) is 41.0 Å². The third-order valence-corrected chi connectivity index (χ3v) is 3.07. The SMILES string of the molecule is Cc1ccc(NCc2ccc(Br)cn2)c([N+](=O)[O-])c1. The molecule has 2 aromatic rings. The van der Waals surface area contributed by atoms with Gasteiger partial charge in [0, 0.05) is 16.7 Å². The molecule has 98 valence electrons. The Balaban J connectivity index is 2.15. The maximum atomic E-state index is 11.0. The smallest absolute Gasteiger partial charge is 0.292 e. The van der Waals surface area contributed by atoms with Gasteiger partial charge in [0.1, 0.15) is 5.69 Å². The summed E-state index contributed by atoms with van der Waals surface area (Å²) in [5, 5.41) is 14.0. The van der Waals surface area contributed by atoms with Gasteiger partial charge in [0.2, 0.25) is 0 Å². The number of hydrogen-bond acceptors (Lipinski definition) is 4. The minimum Gasteiger partial charge on any atom is -0.374 e. The van der Waals surface area contributed by atoms with E-state index in [2.05, 4.69) is 26.2 Å². The highest BCUT2D eigenvalue weighted by Crippen LogP contribution is 2.25. The molecule has 0 unspecified atom stereocenters. The van der Waals surface area contributed by atoms with Crippen molar-refractivity contribution in [1.82, 2.24) is 4.98 Å². The fourth-order valence-corrected chi connectivity index (χ4v) is 1.87. The zero-order valence-electron chi connectivity index (χ0n) is 10.3. The molecular formula is C13H12BrN3O2. The van der Waals surface area contributed by atoms with E-state index in [0.717, 1.165) is 15.7 Å². The molecule has 5 nitrogen and oxygen atoms in total. The monoisotopic (exact) mass is 321 g/mol. The Hall–Kier alpha value is -1.95. The Kier molecular flexibility index (Phi) is 4.11. The topological polar surface area (TPSA) is 68.1 Å². The lowest BCUT2D eigenvalue weighted by molar-refractivity contribution is -0.384. The summed E-state index contributed by atoms with van der Waals surface area (Å²) in [5.74, 6) is 0. The number of pyridine rings is 1. The second-order valence-corrected chi connectivity index (χ2v) is 5.01. The largest absolute Gasteiger partial charge is 0.374 e. The highest BCUT2D eigenvalue weighted by atomic mass is 79.9. The number of nitro groups is 1. The van der Waals surface area contributed by atoms with Crippen LogP contribution < -0.4 is 5.32 Å². The van der Waals surface area contributed by atoms with Crippen LogP contribution in [0.25, 0.3) is 0 Å². The first kappa shape index (κ1) is 13.5. The number of anilines is 1. The van der Waals surface area contributed by atoms with Crippen LogP contribution in [0.4, 0.5) is 11.4 Å². The molecule has 0 atom stereocenters. The molecule has 1 aromatic heterocycles. The van der Waals surface area contributed by atoms with Gasteiger partial charge in [-0.15, -0.1) is 0 Å². The molecular weight excluding hydrogens is 310 g/mol. The van der Waals surface area contributed by atoms with Crippen LogP contribution in [-0.4, -0.2) is 9.91 Å². The van der Waals surface area contributed by atoms with Gasteiger partial charge in [-0.05, 0) is 46.6 Å². The van der Waals surface area contributed by atoms with Gasteiger partial charge in [-0.2, -0.15) is 0 Å². The molecule has 0 aliphatic rings. The summed E-state index contributed by atoms with van der Waals surface area (Å²) in [6.45, 7) is 2.27. The van der Waals surface area contributed by atoms with Gasteiger partial charge in [0.25, 0.3) is 5.69 Å². The molecule has 0 aliphatic heterocycles. The van der Waals surface area contributed by atoms with Crippen molar-refractivity contribution in [2.45, 2.75) is 13.5 Å². The molecule has 0 aliphatic carbocycles. The minimum absolute atomic E-state index is 0.0807. The molecule has 0 radical (unpaired) electrons. The van der Waals surface area contributed by atoms with Crippen molar-refractivity contribution in [2.24, 2.45) is 0 Å². The molecule has 0 fully saturated rings. The lowest BCUT2D eigenvalue weighted by atomic mass is 10.2. The molecule has 0 bridgehead atoms. The van der Waals surface area contributed by atoms with E-state index in [0.29, 0.717) is 12.2 Å². The second-order valence-electron chi connectivity index (χ2n) is 4.10. The first-order chi connectivity index (χ1) is 9.06. The quantitative estimate of drug-likeness (QED) is 0.689. The Morgan fingerprint density at radius 1 is 1.37 bits per heavy atom. The van der Waals surface area contributed by atoms with Crippen molar-refractivity contribution in [1.29, 1.82) is 0 Å². The van der Waals surface area contributed by atoms with E-state index in [1.54, 1.807) is 18.3 Å². The van der Waals surface area contributed by atoms with Crippen LogP contribution in [0, 0.1) is 17.0 Å². The van der Waals surface area contributed by atoms with Crippen LogP contribution in [0.2, 0.25) is 0 Å². The average Bonchev–Trinajstić information content (AvgIpc) is 2.39. The van der Waals surface area contributed by atoms with E-state index in [4.69, 9.17) is 0 Å². The molecule has 1 aromatic carbocycles. The molecule has 6 heteroatoms. The number of nitrogens with zero attached hydrogens (tertiary/aromatic N) is 2. The number of benzene rings is 1. The van der Waals surface area contributed by atoms with E-state index in [1.165, 1.54) is 0 Å². The van der Waals surface area contributed by atoms with Crippen LogP contribution in [-0.2, 0) is 6.54 Å².